The van der Waals surface area contributed by atoms with Gasteiger partial charge in [0.05, 0.1) is 0 Å². The molecule has 0 aliphatic rings. The highest BCUT2D eigenvalue weighted by Crippen LogP contribution is 2.13. The fourth-order valence-corrected chi connectivity index (χ4v) is 1.88. The standard InChI is InChI=1S/C11H21IO2/c1-3-4-5-6-7-8-11(12)9-14-10(2)13/h11H,3-9H2,1-2H3. The van der Waals surface area contributed by atoms with Crippen molar-refractivity contribution in [2.75, 3.05) is 6.61 Å². The van der Waals surface area contributed by atoms with Gasteiger partial charge in [-0.3, -0.25) is 4.79 Å². The lowest BCUT2D eigenvalue weighted by Gasteiger charge is -2.09. The molecule has 0 spiro atoms. The second-order valence-electron chi connectivity index (χ2n) is 3.60. The van der Waals surface area contributed by atoms with Crippen molar-refractivity contribution in [1.82, 2.24) is 0 Å². The van der Waals surface area contributed by atoms with E-state index in [-0.39, 0.29) is 5.97 Å². The van der Waals surface area contributed by atoms with Gasteiger partial charge in [0.2, 0.25) is 0 Å². The summed E-state index contributed by atoms with van der Waals surface area (Å²) in [5, 5.41) is 0. The second-order valence-corrected chi connectivity index (χ2v) is 5.36. The first-order chi connectivity index (χ1) is 6.66. The van der Waals surface area contributed by atoms with Crippen molar-refractivity contribution in [3.63, 3.8) is 0 Å². The molecule has 0 amide bonds. The number of carbonyl (C=O) groups excluding carboxylic acids is 1. The number of esters is 1. The molecule has 0 heterocycles. The van der Waals surface area contributed by atoms with Crippen molar-refractivity contribution in [2.24, 2.45) is 0 Å². The highest BCUT2D eigenvalue weighted by Gasteiger charge is 2.05. The Bertz CT molecular complexity index is 148. The van der Waals surface area contributed by atoms with Crippen LogP contribution < -0.4 is 0 Å². The van der Waals surface area contributed by atoms with Crippen molar-refractivity contribution < 1.29 is 9.53 Å². The van der Waals surface area contributed by atoms with E-state index in [2.05, 4.69) is 29.5 Å². The van der Waals surface area contributed by atoms with E-state index >= 15 is 0 Å². The summed E-state index contributed by atoms with van der Waals surface area (Å²) in [5.74, 6) is -0.169. The number of halogens is 1. The summed E-state index contributed by atoms with van der Waals surface area (Å²) in [4.78, 5) is 10.5. The van der Waals surface area contributed by atoms with Gasteiger partial charge in [0.15, 0.2) is 0 Å². The van der Waals surface area contributed by atoms with E-state index in [4.69, 9.17) is 4.74 Å². The zero-order valence-corrected chi connectivity index (χ0v) is 11.4. The van der Waals surface area contributed by atoms with E-state index in [1.54, 1.807) is 0 Å². The number of carbonyl (C=O) groups is 1. The number of rotatable bonds is 8. The summed E-state index contributed by atoms with van der Waals surface area (Å²) < 4.78 is 5.42. The molecule has 84 valence electrons. The second kappa shape index (κ2) is 9.74. The minimum atomic E-state index is -0.169. The van der Waals surface area contributed by atoms with Gasteiger partial charge in [-0.2, -0.15) is 0 Å². The molecular formula is C11H21IO2. The third kappa shape index (κ3) is 10.3. The lowest BCUT2D eigenvalue weighted by atomic mass is 10.1. The lowest BCUT2D eigenvalue weighted by Crippen LogP contribution is -2.11. The molecule has 1 atom stereocenters. The Morgan fingerprint density at radius 2 is 1.93 bits per heavy atom. The largest absolute Gasteiger partial charge is 0.465 e. The molecule has 0 aromatic carbocycles. The highest BCUT2D eigenvalue weighted by atomic mass is 127. The summed E-state index contributed by atoms with van der Waals surface area (Å²) in [7, 11) is 0. The minimum Gasteiger partial charge on any atom is -0.465 e. The first-order valence-corrected chi connectivity index (χ1v) is 6.68. The van der Waals surface area contributed by atoms with Gasteiger partial charge in [-0.25, -0.2) is 0 Å². The fourth-order valence-electron chi connectivity index (χ4n) is 1.26. The van der Waals surface area contributed by atoms with Crippen molar-refractivity contribution in [3.05, 3.63) is 0 Å². The van der Waals surface area contributed by atoms with Crippen LogP contribution in [0.2, 0.25) is 0 Å². The lowest BCUT2D eigenvalue weighted by molar-refractivity contribution is -0.140. The molecule has 14 heavy (non-hydrogen) atoms. The Morgan fingerprint density at radius 3 is 2.50 bits per heavy atom. The van der Waals surface area contributed by atoms with E-state index in [9.17, 15) is 4.79 Å². The maximum atomic E-state index is 10.5. The quantitative estimate of drug-likeness (QED) is 0.295. The van der Waals surface area contributed by atoms with Gasteiger partial charge < -0.3 is 4.74 Å². The summed E-state index contributed by atoms with van der Waals surface area (Å²) in [5.41, 5.74) is 0. The molecule has 0 bridgehead atoms. The van der Waals surface area contributed by atoms with Crippen molar-refractivity contribution >= 4 is 28.6 Å². The van der Waals surface area contributed by atoms with Crippen LogP contribution in [0.25, 0.3) is 0 Å². The van der Waals surface area contributed by atoms with Gasteiger partial charge in [0, 0.05) is 10.8 Å². The molecule has 0 saturated carbocycles. The molecule has 0 aromatic heterocycles. The Labute approximate surface area is 101 Å². The number of ether oxygens (including phenoxy) is 1. The predicted octanol–water partition coefficient (Wildman–Crippen LogP) is 3.71. The smallest absolute Gasteiger partial charge is 0.302 e. The van der Waals surface area contributed by atoms with E-state index < -0.39 is 0 Å². The fraction of sp³-hybridized carbons (Fsp3) is 0.909. The summed E-state index contributed by atoms with van der Waals surface area (Å²) in [6.45, 7) is 4.26. The molecule has 2 nitrogen and oxygen atoms in total. The van der Waals surface area contributed by atoms with Crippen molar-refractivity contribution in [2.45, 2.75) is 56.3 Å². The maximum absolute atomic E-state index is 10.5. The van der Waals surface area contributed by atoms with Crippen molar-refractivity contribution in [3.8, 4) is 0 Å². The van der Waals surface area contributed by atoms with Gasteiger partial charge in [-0.05, 0) is 6.42 Å². The van der Waals surface area contributed by atoms with Crippen LogP contribution in [-0.4, -0.2) is 16.5 Å². The zero-order chi connectivity index (χ0) is 10.8. The van der Waals surface area contributed by atoms with Crippen LogP contribution in [-0.2, 0) is 9.53 Å². The molecule has 3 heteroatoms. The minimum absolute atomic E-state index is 0.169. The SMILES string of the molecule is CCCCCCCC(I)COC(C)=O. The molecule has 1 unspecified atom stereocenters. The van der Waals surface area contributed by atoms with E-state index in [0.29, 0.717) is 10.5 Å². The van der Waals surface area contributed by atoms with Crippen LogP contribution in [0, 0.1) is 0 Å². The molecular weight excluding hydrogens is 291 g/mol. The Hall–Kier alpha value is 0.200. The van der Waals surface area contributed by atoms with Gasteiger partial charge in [0.25, 0.3) is 0 Å². The van der Waals surface area contributed by atoms with Crippen LogP contribution in [0.3, 0.4) is 0 Å². The molecule has 0 aromatic rings. The van der Waals surface area contributed by atoms with Gasteiger partial charge in [-0.15, -0.1) is 0 Å². The number of hydrogen-bond acceptors (Lipinski definition) is 2. The Balaban J connectivity index is 3.18. The number of unbranched alkanes of at least 4 members (excludes halogenated alkanes) is 4. The molecule has 0 N–H and O–H groups in total. The molecule has 0 fully saturated rings. The van der Waals surface area contributed by atoms with Crippen LogP contribution in [0.4, 0.5) is 0 Å². The molecule has 0 radical (unpaired) electrons. The van der Waals surface area contributed by atoms with Gasteiger partial charge in [0.1, 0.15) is 6.61 Å². The van der Waals surface area contributed by atoms with Crippen LogP contribution in [0.5, 0.6) is 0 Å². The van der Waals surface area contributed by atoms with Crippen LogP contribution in [0.15, 0.2) is 0 Å². The average molecular weight is 312 g/mol. The summed E-state index contributed by atoms with van der Waals surface area (Å²) >= 11 is 2.36. The average Bonchev–Trinajstić information content (AvgIpc) is 2.14. The molecule has 0 aliphatic heterocycles. The van der Waals surface area contributed by atoms with Crippen molar-refractivity contribution in [1.29, 1.82) is 0 Å². The first-order valence-electron chi connectivity index (χ1n) is 5.44. The zero-order valence-electron chi connectivity index (χ0n) is 9.22. The maximum Gasteiger partial charge on any atom is 0.302 e. The Morgan fingerprint density at radius 1 is 1.29 bits per heavy atom. The molecule has 0 saturated heterocycles. The highest BCUT2D eigenvalue weighted by molar-refractivity contribution is 14.1. The van der Waals surface area contributed by atoms with E-state index in [0.717, 1.165) is 6.42 Å². The number of hydrogen-bond donors (Lipinski definition) is 0. The van der Waals surface area contributed by atoms with Crippen LogP contribution in [0.1, 0.15) is 52.4 Å². The number of alkyl halides is 1. The van der Waals surface area contributed by atoms with Gasteiger partial charge in [-0.1, -0.05) is 61.6 Å². The first kappa shape index (κ1) is 14.2. The molecule has 0 aliphatic carbocycles. The predicted molar refractivity (Wildman–Crippen MR) is 67.8 cm³/mol. The third-order valence-corrected chi connectivity index (χ3v) is 3.07. The summed E-state index contributed by atoms with van der Waals surface area (Å²) in [6.07, 6.45) is 7.71. The van der Waals surface area contributed by atoms with Crippen LogP contribution >= 0.6 is 22.6 Å². The third-order valence-electron chi connectivity index (χ3n) is 2.09. The Kier molecular flexibility index (Phi) is 9.88. The van der Waals surface area contributed by atoms with Gasteiger partial charge >= 0.3 is 5.97 Å². The topological polar surface area (TPSA) is 26.3 Å². The molecule has 0 rings (SSSR count). The van der Waals surface area contributed by atoms with E-state index in [1.807, 2.05) is 0 Å². The monoisotopic (exact) mass is 312 g/mol. The normalized spacial score (nSPS) is 12.5. The van der Waals surface area contributed by atoms with E-state index in [1.165, 1.54) is 39.0 Å². The summed E-state index contributed by atoms with van der Waals surface area (Å²) in [6, 6.07) is 0.